The highest BCUT2D eigenvalue weighted by Gasteiger charge is 2.42. The molecular formula is C18H22N2O3. The molecule has 0 amide bonds. The minimum Gasteiger partial charge on any atom is -0.469 e. The van der Waals surface area contributed by atoms with E-state index in [2.05, 4.69) is 28.1 Å². The Morgan fingerprint density at radius 2 is 2.22 bits per heavy atom. The molecule has 5 nitrogen and oxygen atoms in total. The summed E-state index contributed by atoms with van der Waals surface area (Å²) in [6.07, 6.45) is 2.46. The smallest absolute Gasteiger partial charge is 0.305 e. The lowest BCUT2D eigenvalue weighted by molar-refractivity contribution is -0.145. The van der Waals surface area contributed by atoms with Crippen LogP contribution in [0, 0.1) is 5.92 Å². The maximum atomic E-state index is 11.8. The Hall–Kier alpha value is -1.85. The van der Waals surface area contributed by atoms with Crippen LogP contribution in [0.3, 0.4) is 0 Å². The van der Waals surface area contributed by atoms with E-state index in [4.69, 9.17) is 4.74 Å². The number of nitrogens with zero attached hydrogens (tertiary/aromatic N) is 1. The number of rotatable bonds is 2. The van der Waals surface area contributed by atoms with E-state index < -0.39 is 6.23 Å². The average molecular weight is 314 g/mol. The third-order valence-electron chi connectivity index (χ3n) is 5.40. The van der Waals surface area contributed by atoms with Gasteiger partial charge >= 0.3 is 5.97 Å². The molecule has 2 aromatic rings. The molecule has 2 aliphatic rings. The van der Waals surface area contributed by atoms with Gasteiger partial charge in [0.2, 0.25) is 0 Å². The number of carbonyl (C=O) groups is 1. The van der Waals surface area contributed by atoms with Crippen molar-refractivity contribution in [3.05, 3.63) is 35.5 Å². The first kappa shape index (κ1) is 14.7. The van der Waals surface area contributed by atoms with E-state index >= 15 is 0 Å². The zero-order valence-corrected chi connectivity index (χ0v) is 13.3. The Morgan fingerprint density at radius 1 is 1.39 bits per heavy atom. The summed E-state index contributed by atoms with van der Waals surface area (Å²) in [5, 5.41) is 11.7. The van der Waals surface area contributed by atoms with Crippen molar-refractivity contribution in [1.82, 2.24) is 9.88 Å². The second-order valence-electron chi connectivity index (χ2n) is 6.59. The topological polar surface area (TPSA) is 65.6 Å². The Morgan fingerprint density at radius 3 is 3.04 bits per heavy atom. The first-order valence-electron chi connectivity index (χ1n) is 8.29. The van der Waals surface area contributed by atoms with Gasteiger partial charge in [-0.25, -0.2) is 0 Å². The van der Waals surface area contributed by atoms with E-state index in [9.17, 15) is 9.90 Å². The normalized spacial score (nSPS) is 27.5. The lowest BCUT2D eigenvalue weighted by Gasteiger charge is -2.46. The van der Waals surface area contributed by atoms with Crippen molar-refractivity contribution in [1.29, 1.82) is 0 Å². The monoisotopic (exact) mass is 314 g/mol. The van der Waals surface area contributed by atoms with Gasteiger partial charge in [-0.15, -0.1) is 0 Å². The molecule has 2 N–H and O–H groups in total. The minimum absolute atomic E-state index is 0.0639. The molecule has 23 heavy (non-hydrogen) atoms. The van der Waals surface area contributed by atoms with Gasteiger partial charge in [-0.2, -0.15) is 0 Å². The molecule has 2 aliphatic heterocycles. The van der Waals surface area contributed by atoms with Crippen LogP contribution in [0.2, 0.25) is 0 Å². The van der Waals surface area contributed by atoms with Crippen LogP contribution in [0.5, 0.6) is 0 Å². The fourth-order valence-corrected chi connectivity index (χ4v) is 4.33. The number of ether oxygens (including phenoxy) is 1. The summed E-state index contributed by atoms with van der Waals surface area (Å²) >= 11 is 0. The van der Waals surface area contributed by atoms with Gasteiger partial charge in [-0.05, 0) is 36.8 Å². The van der Waals surface area contributed by atoms with Crippen LogP contribution in [0.4, 0.5) is 0 Å². The highest BCUT2D eigenvalue weighted by Crippen LogP contribution is 2.45. The number of hydrogen-bond donors (Lipinski definition) is 2. The summed E-state index contributed by atoms with van der Waals surface area (Å²) in [4.78, 5) is 17.5. The lowest BCUT2D eigenvalue weighted by Crippen LogP contribution is -2.49. The van der Waals surface area contributed by atoms with Crippen molar-refractivity contribution < 1.29 is 14.6 Å². The standard InChI is InChI=1S/C18H22N2O3/c1-23-16(22)10-11-6-7-15(21)20-9-8-13-12-4-2-3-5-14(12)19-17(13)18(11)20/h2-5,11,15,18-19,21H,6-10H2,1H3/t11-,15+,18?/m0/s1. The number of aliphatic hydroxyl groups excluding tert-OH is 1. The van der Waals surface area contributed by atoms with E-state index in [0.29, 0.717) is 12.8 Å². The van der Waals surface area contributed by atoms with E-state index in [-0.39, 0.29) is 17.9 Å². The van der Waals surface area contributed by atoms with Crippen molar-refractivity contribution in [3.63, 3.8) is 0 Å². The van der Waals surface area contributed by atoms with Gasteiger partial charge in [0.05, 0.1) is 19.6 Å². The number of nitrogens with one attached hydrogen (secondary N) is 1. The molecule has 0 radical (unpaired) electrons. The molecule has 1 saturated heterocycles. The van der Waals surface area contributed by atoms with Crippen LogP contribution >= 0.6 is 0 Å². The van der Waals surface area contributed by atoms with Gasteiger partial charge in [0.25, 0.3) is 0 Å². The molecule has 1 aromatic heterocycles. The predicted molar refractivity (Wildman–Crippen MR) is 86.8 cm³/mol. The summed E-state index contributed by atoms with van der Waals surface area (Å²) in [6, 6.07) is 8.39. The average Bonchev–Trinajstić information content (AvgIpc) is 2.95. The fourth-order valence-electron chi connectivity index (χ4n) is 4.33. The molecule has 122 valence electrons. The summed E-state index contributed by atoms with van der Waals surface area (Å²) in [5.41, 5.74) is 3.65. The Kier molecular flexibility index (Phi) is 3.62. The molecule has 0 bridgehead atoms. The molecule has 3 heterocycles. The summed E-state index contributed by atoms with van der Waals surface area (Å²) in [6.45, 7) is 0.832. The van der Waals surface area contributed by atoms with Crippen molar-refractivity contribution in [2.75, 3.05) is 13.7 Å². The first-order chi connectivity index (χ1) is 11.2. The highest BCUT2D eigenvalue weighted by atomic mass is 16.5. The molecule has 3 atom stereocenters. The van der Waals surface area contributed by atoms with Crippen LogP contribution in [0.15, 0.2) is 24.3 Å². The molecule has 4 rings (SSSR count). The minimum atomic E-state index is -0.423. The number of H-pyrrole nitrogens is 1. The molecule has 0 aliphatic carbocycles. The lowest BCUT2D eigenvalue weighted by atomic mass is 9.80. The number of aliphatic hydroxyl groups is 1. The fraction of sp³-hybridized carbons (Fsp3) is 0.500. The number of esters is 1. The van der Waals surface area contributed by atoms with E-state index in [1.54, 1.807) is 0 Å². The van der Waals surface area contributed by atoms with Crippen molar-refractivity contribution >= 4 is 16.9 Å². The molecule has 1 aromatic carbocycles. The maximum absolute atomic E-state index is 11.8. The Balaban J connectivity index is 1.78. The third-order valence-corrected chi connectivity index (χ3v) is 5.40. The Labute approximate surface area is 135 Å². The SMILES string of the molecule is COC(=O)C[C@@H]1CC[C@@H](O)N2CCc3c([nH]c4ccccc34)C12. The van der Waals surface area contributed by atoms with Gasteiger partial charge in [-0.1, -0.05) is 18.2 Å². The number of hydrogen-bond acceptors (Lipinski definition) is 4. The van der Waals surface area contributed by atoms with Crippen LogP contribution in [-0.4, -0.2) is 40.8 Å². The molecule has 1 fully saturated rings. The molecule has 0 saturated carbocycles. The van der Waals surface area contributed by atoms with E-state index in [1.807, 2.05) is 6.07 Å². The summed E-state index contributed by atoms with van der Waals surface area (Å²) in [7, 11) is 1.44. The van der Waals surface area contributed by atoms with Crippen LogP contribution in [0.25, 0.3) is 10.9 Å². The predicted octanol–water partition coefficient (Wildman–Crippen LogP) is 2.36. The van der Waals surface area contributed by atoms with Gasteiger partial charge < -0.3 is 14.8 Å². The number of piperidine rings is 1. The molecule has 0 spiro atoms. The molecule has 5 heteroatoms. The maximum Gasteiger partial charge on any atom is 0.305 e. The molecular weight excluding hydrogens is 292 g/mol. The number of para-hydroxylation sites is 1. The van der Waals surface area contributed by atoms with Crippen molar-refractivity contribution in [2.45, 2.75) is 38.0 Å². The molecule has 1 unspecified atom stereocenters. The number of aromatic amines is 1. The second kappa shape index (κ2) is 5.65. The van der Waals surface area contributed by atoms with Gasteiger partial charge in [-0.3, -0.25) is 9.69 Å². The van der Waals surface area contributed by atoms with Gasteiger partial charge in [0, 0.05) is 23.1 Å². The van der Waals surface area contributed by atoms with E-state index in [1.165, 1.54) is 23.8 Å². The zero-order chi connectivity index (χ0) is 16.0. The zero-order valence-electron chi connectivity index (χ0n) is 13.3. The number of aromatic nitrogens is 1. The quantitative estimate of drug-likeness (QED) is 0.835. The summed E-state index contributed by atoms with van der Waals surface area (Å²) in [5.74, 6) is 0.00698. The van der Waals surface area contributed by atoms with Crippen molar-refractivity contribution in [2.24, 2.45) is 5.92 Å². The largest absolute Gasteiger partial charge is 0.469 e. The Bertz CT molecular complexity index is 739. The number of methoxy groups -OCH3 is 1. The second-order valence-corrected chi connectivity index (χ2v) is 6.59. The van der Waals surface area contributed by atoms with E-state index in [0.717, 1.165) is 24.9 Å². The summed E-state index contributed by atoms with van der Waals surface area (Å²) < 4.78 is 4.88. The van der Waals surface area contributed by atoms with Crippen LogP contribution in [-0.2, 0) is 16.0 Å². The van der Waals surface area contributed by atoms with Gasteiger partial charge in [0.1, 0.15) is 6.23 Å². The van der Waals surface area contributed by atoms with Crippen LogP contribution in [0.1, 0.15) is 36.6 Å². The first-order valence-corrected chi connectivity index (χ1v) is 8.29. The van der Waals surface area contributed by atoms with Gasteiger partial charge in [0.15, 0.2) is 0 Å². The number of benzene rings is 1. The van der Waals surface area contributed by atoms with Crippen molar-refractivity contribution in [3.8, 4) is 0 Å². The number of fused-ring (bicyclic) bond motifs is 5. The van der Waals surface area contributed by atoms with Crippen LogP contribution < -0.4 is 0 Å². The highest BCUT2D eigenvalue weighted by molar-refractivity contribution is 5.85. The number of carbonyl (C=O) groups excluding carboxylic acids is 1. The third kappa shape index (κ3) is 2.35.